The van der Waals surface area contributed by atoms with Gasteiger partial charge in [0.15, 0.2) is 29.0 Å². The molecular formula is C66H92Cl4N18O3. The number of aliphatic imine (C=N–C) groups is 2. The van der Waals surface area contributed by atoms with E-state index in [0.717, 1.165) is 105 Å². The second-order valence-corrected chi connectivity index (χ2v) is 24.7. The molecule has 0 amide bonds. The lowest BCUT2D eigenvalue weighted by molar-refractivity contribution is -0.912. The zero-order chi connectivity index (χ0) is 61.7. The van der Waals surface area contributed by atoms with Gasteiger partial charge in [-0.15, -0.1) is 27.7 Å². The third-order valence-electron chi connectivity index (χ3n) is 17.5. The Bertz CT molecular complexity index is 3620. The van der Waals surface area contributed by atoms with Crippen molar-refractivity contribution in [3.8, 4) is 5.75 Å². The summed E-state index contributed by atoms with van der Waals surface area (Å²) >= 11 is 0. The lowest BCUT2D eigenvalue weighted by Crippen LogP contribution is -3.00. The summed E-state index contributed by atoms with van der Waals surface area (Å²) in [6.07, 6.45) is 24.1. The molecule has 12 rings (SSSR count). The number of fused-ring (bicyclic) bond motifs is 3. The van der Waals surface area contributed by atoms with Gasteiger partial charge in [-0.25, -0.2) is 23.5 Å². The maximum atomic E-state index is 11.8. The van der Waals surface area contributed by atoms with Gasteiger partial charge in [-0.2, -0.15) is 0 Å². The number of benzene rings is 1. The second kappa shape index (κ2) is 33.6. The first-order valence-electron chi connectivity index (χ1n) is 30.8. The highest BCUT2D eigenvalue weighted by molar-refractivity contribution is 6.23. The smallest absolute Gasteiger partial charge is 0.183 e. The van der Waals surface area contributed by atoms with Crippen LogP contribution in [0.1, 0.15) is 77.2 Å². The predicted octanol–water partition coefficient (Wildman–Crippen LogP) is 0.317. The molecule has 91 heavy (non-hydrogen) atoms. The molecule has 2 aliphatic carbocycles. The standard InChI is InChI=1S/2C22H28N6O.C15H24N5.C7H9NO.4ClH/c2*1-16-14-18(17(23)15-20(16)29)25-21-19-8-4-5-10-27(19)26-22(21)24-9-13-28(2)11-6-3-7-12-28;1-20(10-5-2-6-11-20)12-8-17-15-14(16)13-7-3-4-9-19(13)18-15;1-5-2-3-6(8)4-7(5)9;;;;/h2*4-5,8,10,14-15H,3,6-7,9,11-13H2,1-2H3,(H2-,23,24,26,29);3-4,7,9H,2,5-6,8,10-12,16H2,1H3,(H,17,18);2-4,9H,8H2,1H3;4*1H/q;;+1;;;;;/p-1. The summed E-state index contributed by atoms with van der Waals surface area (Å²) in [7, 11) is 7.03. The van der Waals surface area contributed by atoms with Crippen LogP contribution >= 0.6 is 12.4 Å². The Hall–Kier alpha value is -7.63. The molecular weight excluding hydrogens is 1230 g/mol. The van der Waals surface area contributed by atoms with Crippen LogP contribution in [0, 0.1) is 6.92 Å². The Kier molecular flexibility index (Phi) is 27.4. The summed E-state index contributed by atoms with van der Waals surface area (Å²) in [5.74, 6) is 2.40. The highest BCUT2D eigenvalue weighted by atomic mass is 35.5. The van der Waals surface area contributed by atoms with Gasteiger partial charge in [0.05, 0.1) is 139 Å². The summed E-state index contributed by atoms with van der Waals surface area (Å²) in [4.78, 5) is 33.3. The number of likely N-dealkylation sites (tertiary alicyclic amines) is 3. The number of rotatable bonds is 14. The van der Waals surface area contributed by atoms with E-state index in [1.165, 1.54) is 120 Å². The summed E-state index contributed by atoms with van der Waals surface area (Å²) in [5, 5.41) is 33.3. The molecule has 3 fully saturated rings. The van der Waals surface area contributed by atoms with Crippen molar-refractivity contribution < 1.29 is 65.4 Å². The average Bonchev–Trinajstić information content (AvgIpc) is 2.04. The largest absolute Gasteiger partial charge is 1.00 e. The molecule has 0 spiro atoms. The molecule has 21 nitrogen and oxygen atoms in total. The number of aryl methyl sites for hydroxylation is 1. The van der Waals surface area contributed by atoms with E-state index in [1.807, 2.05) is 93.7 Å². The molecule has 1 aromatic carbocycles. The number of quaternary nitrogens is 3. The molecule has 0 bridgehead atoms. The van der Waals surface area contributed by atoms with Crippen molar-refractivity contribution in [1.82, 2.24) is 28.8 Å². The van der Waals surface area contributed by atoms with Crippen molar-refractivity contribution in [2.24, 2.45) is 21.5 Å². The number of piperidine rings is 3. The average molecular weight is 1330 g/mol. The molecule has 25 heteroatoms. The minimum absolute atomic E-state index is 0. The number of phenolic OH excluding ortho intramolecular Hbond substituents is 1. The van der Waals surface area contributed by atoms with E-state index < -0.39 is 0 Å². The third kappa shape index (κ3) is 19.5. The highest BCUT2D eigenvalue weighted by Gasteiger charge is 2.28. The fourth-order valence-corrected chi connectivity index (χ4v) is 11.8. The van der Waals surface area contributed by atoms with Gasteiger partial charge in [-0.1, -0.05) is 24.3 Å². The number of hydrogen-bond donors (Lipinski definition) is 8. The Balaban J connectivity index is 0.000000230. The minimum Gasteiger partial charge on any atom is -1.00 e. The number of hydrogen-bond acceptors (Lipinski definition) is 15. The number of pyridine rings is 3. The zero-order valence-electron chi connectivity index (χ0n) is 53.4. The first-order valence-corrected chi connectivity index (χ1v) is 30.8. The maximum absolute atomic E-state index is 11.8. The van der Waals surface area contributed by atoms with Crippen LogP contribution in [-0.4, -0.2) is 170 Å². The van der Waals surface area contributed by atoms with Crippen LogP contribution in [0.25, 0.3) is 16.6 Å². The van der Waals surface area contributed by atoms with Crippen LogP contribution in [0.3, 0.4) is 0 Å². The normalized spacial score (nSPS) is 18.1. The number of carbonyl (C=O) groups is 2. The summed E-state index contributed by atoms with van der Waals surface area (Å²) in [6, 6.07) is 22.8. The van der Waals surface area contributed by atoms with E-state index >= 15 is 0 Å². The number of ketones is 2. The number of aromatic nitrogens is 6. The van der Waals surface area contributed by atoms with Gasteiger partial charge in [-0.3, -0.25) is 9.59 Å². The number of aromatic hydroxyl groups is 1. The van der Waals surface area contributed by atoms with Crippen LogP contribution in [0.2, 0.25) is 0 Å². The number of nitrogen functional groups attached to an aromatic ring is 2. The molecule has 3 aliphatic heterocycles. The van der Waals surface area contributed by atoms with Gasteiger partial charge in [0.25, 0.3) is 0 Å². The summed E-state index contributed by atoms with van der Waals surface area (Å²) in [6.45, 7) is 18.7. The zero-order valence-corrected chi connectivity index (χ0v) is 56.4. The highest BCUT2D eigenvalue weighted by Crippen LogP contribution is 2.33. The summed E-state index contributed by atoms with van der Waals surface area (Å²) < 4.78 is 8.84. The predicted molar refractivity (Wildman–Crippen MR) is 360 cm³/mol. The van der Waals surface area contributed by atoms with Gasteiger partial charge < -0.3 is 94.7 Å². The molecule has 12 N–H and O–H groups in total. The van der Waals surface area contributed by atoms with Crippen molar-refractivity contribution in [3.63, 3.8) is 0 Å². The molecule has 7 aromatic rings. The number of phenols is 1. The molecule has 0 atom stereocenters. The number of halogens is 4. The molecule has 0 unspecified atom stereocenters. The van der Waals surface area contributed by atoms with E-state index in [-0.39, 0.29) is 66.9 Å². The van der Waals surface area contributed by atoms with Crippen molar-refractivity contribution in [1.29, 1.82) is 0 Å². The molecule has 0 radical (unpaired) electrons. The fourth-order valence-electron chi connectivity index (χ4n) is 11.8. The van der Waals surface area contributed by atoms with Crippen LogP contribution in [-0.2, 0) is 9.59 Å². The van der Waals surface area contributed by atoms with Gasteiger partial charge in [-0.05, 0) is 150 Å². The Morgan fingerprint density at radius 3 is 1.21 bits per heavy atom. The van der Waals surface area contributed by atoms with E-state index in [4.69, 9.17) is 38.0 Å². The minimum atomic E-state index is -0.0712. The first-order chi connectivity index (χ1) is 41.8. The van der Waals surface area contributed by atoms with E-state index in [0.29, 0.717) is 39.7 Å². The van der Waals surface area contributed by atoms with E-state index in [1.54, 1.807) is 38.1 Å². The lowest BCUT2D eigenvalue weighted by atomic mass is 10.0. The van der Waals surface area contributed by atoms with Crippen LogP contribution in [0.5, 0.6) is 5.75 Å². The number of nitrogens with one attached hydrogen (secondary N) is 3. The van der Waals surface area contributed by atoms with Gasteiger partial charge in [0.1, 0.15) is 22.8 Å². The number of carbonyl (C=O) groups excluding carboxylic acids is 2. The lowest BCUT2D eigenvalue weighted by Gasteiger charge is -2.37. The summed E-state index contributed by atoms with van der Waals surface area (Å²) in [5.41, 5.74) is 33.3. The number of likely N-dealkylation sites (N-methyl/N-ethyl adjacent to an activating group) is 3. The molecule has 0 saturated carbocycles. The van der Waals surface area contributed by atoms with E-state index in [2.05, 4.69) is 52.4 Å². The van der Waals surface area contributed by atoms with Crippen LogP contribution in [0.4, 0.5) is 40.2 Å². The molecule has 5 aliphatic rings. The Morgan fingerprint density at radius 1 is 0.495 bits per heavy atom. The number of allylic oxidation sites excluding steroid dienone is 6. The van der Waals surface area contributed by atoms with Crippen molar-refractivity contribution >= 4 is 92.2 Å². The topological polar surface area (TPSA) is 271 Å². The number of nitrogens with zero attached hydrogens (tertiary/aromatic N) is 11. The van der Waals surface area contributed by atoms with Crippen molar-refractivity contribution in [3.05, 3.63) is 144 Å². The SMILES string of the molecule is CC1=CC(=Nc2c(NCC[N+]3(C)CCCCC3)nn3ccccc23)C(N)=CC1=O.CC1=CC(=Nc2c(NCC[N+]3(C)CCCCC3)nn3ccccc23)C(N)=CC1=O.C[N+]1(CCNc2nn3ccccc3c2N)CCCCC1.Cc1ccc(N)cc1O.Cl.[Cl-].[Cl-].[Cl-]. The Labute approximate surface area is 559 Å². The van der Waals surface area contributed by atoms with Crippen molar-refractivity contribution in [2.75, 3.05) is 127 Å². The van der Waals surface area contributed by atoms with Crippen molar-refractivity contribution in [2.45, 2.75) is 78.6 Å². The fraction of sp³-hybridized carbons (Fsp3) is 0.409. The van der Waals surface area contributed by atoms with Gasteiger partial charge in [0.2, 0.25) is 0 Å². The number of nitrogens with two attached hydrogens (primary N) is 4. The second-order valence-electron chi connectivity index (χ2n) is 24.7. The monoisotopic (exact) mass is 1320 g/mol. The first kappa shape index (κ1) is 74.1. The molecule has 3 saturated heterocycles. The van der Waals surface area contributed by atoms with Gasteiger partial charge >= 0.3 is 0 Å². The van der Waals surface area contributed by atoms with Crippen LogP contribution < -0.4 is 76.1 Å². The third-order valence-corrected chi connectivity index (χ3v) is 17.5. The van der Waals surface area contributed by atoms with E-state index in [9.17, 15) is 9.59 Å². The maximum Gasteiger partial charge on any atom is 0.183 e. The number of anilines is 5. The quantitative estimate of drug-likeness (QED) is 0.0415. The Morgan fingerprint density at radius 2 is 0.846 bits per heavy atom. The molecule has 6 aromatic heterocycles. The van der Waals surface area contributed by atoms with Crippen LogP contribution in [0.15, 0.2) is 148 Å². The van der Waals surface area contributed by atoms with Gasteiger partial charge in [0, 0.05) is 42.5 Å². The molecule has 492 valence electrons. The molecule has 9 heterocycles.